The maximum Gasteiger partial charge on any atom is 0.0713 e. The Morgan fingerprint density at radius 2 is 1.02 bits per heavy atom. The highest BCUT2D eigenvalue weighted by Crippen LogP contribution is 2.65. The Balaban J connectivity index is 1.26. The molecule has 212 valence electrons. The van der Waals surface area contributed by atoms with Crippen molar-refractivity contribution in [2.45, 2.75) is 43.1 Å². The topological polar surface area (TPSA) is 3.24 Å². The van der Waals surface area contributed by atoms with Gasteiger partial charge in [0.2, 0.25) is 0 Å². The second kappa shape index (κ2) is 9.07. The number of nitrogens with zero attached hydrogens (tertiary/aromatic N) is 1. The molecule has 3 aliphatic rings. The molecular formula is C43H35N. The Bertz CT molecular complexity index is 2000. The van der Waals surface area contributed by atoms with E-state index in [-0.39, 0.29) is 16.4 Å². The number of hydrogen-bond donors (Lipinski definition) is 0. The second-order valence-corrected chi connectivity index (χ2v) is 13.3. The van der Waals surface area contributed by atoms with Crippen LogP contribution in [0.15, 0.2) is 152 Å². The first kappa shape index (κ1) is 25.6. The monoisotopic (exact) mass is 565 g/mol. The van der Waals surface area contributed by atoms with Gasteiger partial charge in [-0.05, 0) is 100 Å². The van der Waals surface area contributed by atoms with Gasteiger partial charge in [0.25, 0.3) is 0 Å². The van der Waals surface area contributed by atoms with Crippen molar-refractivity contribution < 1.29 is 0 Å². The van der Waals surface area contributed by atoms with Crippen molar-refractivity contribution in [3.05, 3.63) is 179 Å². The predicted octanol–water partition coefficient (Wildman–Crippen LogP) is 10.7. The van der Waals surface area contributed by atoms with Crippen LogP contribution in [-0.4, -0.2) is 5.54 Å². The summed E-state index contributed by atoms with van der Waals surface area (Å²) in [5, 5.41) is 0. The molecule has 1 heteroatoms. The van der Waals surface area contributed by atoms with Crippen LogP contribution < -0.4 is 4.90 Å². The quantitative estimate of drug-likeness (QED) is 0.205. The lowest BCUT2D eigenvalue weighted by Crippen LogP contribution is -2.60. The zero-order valence-electron chi connectivity index (χ0n) is 25.3. The Morgan fingerprint density at radius 3 is 1.66 bits per heavy atom. The lowest BCUT2D eigenvalue weighted by Gasteiger charge is -2.56. The van der Waals surface area contributed by atoms with Crippen LogP contribution in [0.4, 0.5) is 11.4 Å². The van der Waals surface area contributed by atoms with Gasteiger partial charge in [-0.2, -0.15) is 0 Å². The first-order chi connectivity index (χ1) is 21.6. The molecule has 1 aliphatic heterocycles. The lowest BCUT2D eigenvalue weighted by atomic mass is 9.55. The van der Waals surface area contributed by atoms with Crippen LogP contribution in [0.5, 0.6) is 0 Å². The van der Waals surface area contributed by atoms with Crippen molar-refractivity contribution in [1.29, 1.82) is 0 Å². The van der Waals surface area contributed by atoms with Crippen LogP contribution >= 0.6 is 0 Å². The van der Waals surface area contributed by atoms with Crippen molar-refractivity contribution in [3.63, 3.8) is 0 Å². The van der Waals surface area contributed by atoms with Gasteiger partial charge in [0, 0.05) is 16.8 Å². The van der Waals surface area contributed by atoms with Gasteiger partial charge in [-0.1, -0.05) is 128 Å². The normalized spacial score (nSPS) is 22.0. The van der Waals surface area contributed by atoms with Gasteiger partial charge in [0.15, 0.2) is 0 Å². The molecule has 1 nitrogen and oxygen atoms in total. The summed E-state index contributed by atoms with van der Waals surface area (Å²) in [6.07, 6.45) is 2.42. The first-order valence-corrected chi connectivity index (χ1v) is 15.9. The van der Waals surface area contributed by atoms with Crippen molar-refractivity contribution in [2.24, 2.45) is 0 Å². The van der Waals surface area contributed by atoms with Crippen molar-refractivity contribution in [3.8, 4) is 22.3 Å². The molecule has 0 radical (unpaired) electrons. The van der Waals surface area contributed by atoms with Crippen molar-refractivity contribution >= 4 is 11.4 Å². The smallest absolute Gasteiger partial charge is 0.0713 e. The molecule has 0 amide bonds. The molecule has 2 aliphatic carbocycles. The third-order valence-corrected chi connectivity index (χ3v) is 11.4. The molecular weight excluding hydrogens is 530 g/mol. The van der Waals surface area contributed by atoms with E-state index in [1.54, 1.807) is 0 Å². The lowest BCUT2D eigenvalue weighted by molar-refractivity contribution is 0.133. The Hall–Kier alpha value is -4.88. The molecule has 2 unspecified atom stereocenters. The van der Waals surface area contributed by atoms with Crippen LogP contribution in [-0.2, 0) is 10.8 Å². The molecule has 0 spiro atoms. The summed E-state index contributed by atoms with van der Waals surface area (Å²) in [4.78, 5) is 2.62. The van der Waals surface area contributed by atoms with E-state index in [1.165, 1.54) is 74.3 Å². The number of anilines is 2. The molecule has 1 heterocycles. The van der Waals surface area contributed by atoms with E-state index in [9.17, 15) is 0 Å². The largest absolute Gasteiger partial charge is 0.334 e. The number of benzene rings is 6. The molecule has 0 aromatic heterocycles. The van der Waals surface area contributed by atoms with E-state index >= 15 is 0 Å². The molecule has 44 heavy (non-hydrogen) atoms. The fourth-order valence-electron chi connectivity index (χ4n) is 8.89. The predicted molar refractivity (Wildman–Crippen MR) is 183 cm³/mol. The van der Waals surface area contributed by atoms with E-state index in [1.807, 2.05) is 0 Å². The SMILES string of the molecule is CC12CCC1(C)N(c1ccccc1)c1ccc(-c3ccc4c(c3)C(c3ccccc3)(c3ccccc3)c3ccccc3-4)cc12. The molecule has 9 rings (SSSR count). The number of para-hydroxylation sites is 1. The average molecular weight is 566 g/mol. The minimum atomic E-state index is -0.385. The van der Waals surface area contributed by atoms with Gasteiger partial charge in [-0.15, -0.1) is 0 Å². The molecule has 6 aromatic rings. The van der Waals surface area contributed by atoms with Gasteiger partial charge >= 0.3 is 0 Å². The maximum atomic E-state index is 2.62. The van der Waals surface area contributed by atoms with Crippen LogP contribution in [0.2, 0.25) is 0 Å². The number of rotatable bonds is 4. The van der Waals surface area contributed by atoms with E-state index in [4.69, 9.17) is 0 Å². The molecule has 0 N–H and O–H groups in total. The van der Waals surface area contributed by atoms with E-state index in [0.717, 1.165) is 0 Å². The Labute approximate surface area is 260 Å². The van der Waals surface area contributed by atoms with Crippen molar-refractivity contribution in [1.82, 2.24) is 0 Å². The summed E-state index contributed by atoms with van der Waals surface area (Å²) in [7, 11) is 0. The Kier molecular flexibility index (Phi) is 5.27. The summed E-state index contributed by atoms with van der Waals surface area (Å²) < 4.78 is 0. The molecule has 0 saturated heterocycles. The number of fused-ring (bicyclic) bond motifs is 6. The minimum Gasteiger partial charge on any atom is -0.334 e. The summed E-state index contributed by atoms with van der Waals surface area (Å²) in [5.74, 6) is 0. The third kappa shape index (κ3) is 3.14. The summed E-state index contributed by atoms with van der Waals surface area (Å²) >= 11 is 0. The minimum absolute atomic E-state index is 0.0880. The fourth-order valence-corrected chi connectivity index (χ4v) is 8.89. The summed E-state index contributed by atoms with van der Waals surface area (Å²) in [5.41, 5.74) is 14.5. The molecule has 0 bridgehead atoms. The van der Waals surface area contributed by atoms with Crippen LogP contribution in [0.3, 0.4) is 0 Å². The zero-order chi connectivity index (χ0) is 29.5. The molecule has 1 fully saturated rings. The van der Waals surface area contributed by atoms with Gasteiger partial charge < -0.3 is 4.90 Å². The van der Waals surface area contributed by atoms with E-state index in [0.29, 0.717) is 0 Å². The average Bonchev–Trinajstić information content (AvgIpc) is 3.45. The van der Waals surface area contributed by atoms with Crippen LogP contribution in [0, 0.1) is 0 Å². The van der Waals surface area contributed by atoms with Gasteiger partial charge in [0.05, 0.1) is 11.0 Å². The highest BCUT2D eigenvalue weighted by atomic mass is 15.3. The fraction of sp³-hybridized carbons (Fsp3) is 0.163. The number of hydrogen-bond acceptors (Lipinski definition) is 1. The van der Waals surface area contributed by atoms with Crippen LogP contribution in [0.1, 0.15) is 54.5 Å². The standard InChI is InChI=1S/C43H35N/c1-41-26-27-42(41,2)44(34-18-10-5-11-19-34)40-25-23-31(29-39(40)41)30-22-24-36-35-20-12-13-21-37(35)43(38(36)28-30,32-14-6-3-7-15-32)33-16-8-4-9-17-33/h3-25,28-29H,26-27H2,1-2H3. The molecule has 1 saturated carbocycles. The molecule has 2 atom stereocenters. The summed E-state index contributed by atoms with van der Waals surface area (Å²) in [6.45, 7) is 4.95. The van der Waals surface area contributed by atoms with Gasteiger partial charge in [-0.25, -0.2) is 0 Å². The second-order valence-electron chi connectivity index (χ2n) is 13.3. The third-order valence-electron chi connectivity index (χ3n) is 11.4. The highest BCUT2D eigenvalue weighted by molar-refractivity contribution is 5.89. The maximum absolute atomic E-state index is 2.62. The molecule has 6 aromatic carbocycles. The first-order valence-electron chi connectivity index (χ1n) is 15.9. The Morgan fingerprint density at radius 1 is 0.477 bits per heavy atom. The highest BCUT2D eigenvalue weighted by Gasteiger charge is 2.63. The van der Waals surface area contributed by atoms with E-state index in [2.05, 4.69) is 170 Å². The summed E-state index contributed by atoms with van der Waals surface area (Å²) in [6, 6.07) is 56.6. The van der Waals surface area contributed by atoms with Crippen molar-refractivity contribution in [2.75, 3.05) is 4.90 Å². The van der Waals surface area contributed by atoms with Crippen LogP contribution in [0.25, 0.3) is 22.3 Å². The van der Waals surface area contributed by atoms with E-state index < -0.39 is 0 Å². The van der Waals surface area contributed by atoms with Gasteiger partial charge in [-0.3, -0.25) is 0 Å². The van der Waals surface area contributed by atoms with Gasteiger partial charge in [0.1, 0.15) is 0 Å². The zero-order valence-corrected chi connectivity index (χ0v) is 25.3.